The van der Waals surface area contributed by atoms with Crippen LogP contribution in [0.25, 0.3) is 0 Å². The Morgan fingerprint density at radius 3 is 2.65 bits per heavy atom. The van der Waals surface area contributed by atoms with Crippen LogP contribution in [0.5, 0.6) is 0 Å². The first-order chi connectivity index (χ1) is 8.20. The fraction of sp³-hybridized carbons (Fsp3) is 0.600. The van der Waals surface area contributed by atoms with E-state index in [4.69, 9.17) is 5.73 Å². The minimum atomic E-state index is 0.450. The largest absolute Gasteiger partial charge is 0.329 e. The van der Waals surface area contributed by atoms with Gasteiger partial charge >= 0.3 is 0 Å². The van der Waals surface area contributed by atoms with Crippen molar-refractivity contribution in [2.24, 2.45) is 5.73 Å². The summed E-state index contributed by atoms with van der Waals surface area (Å²) < 4.78 is 0. The summed E-state index contributed by atoms with van der Waals surface area (Å²) in [5.41, 5.74) is 10.3. The Morgan fingerprint density at radius 2 is 1.94 bits per heavy atom. The summed E-state index contributed by atoms with van der Waals surface area (Å²) in [6.07, 6.45) is 5.24. The molecule has 2 N–H and O–H groups in total. The van der Waals surface area contributed by atoms with E-state index in [1.54, 1.807) is 11.1 Å². The molecule has 0 bridgehead atoms. The van der Waals surface area contributed by atoms with Crippen molar-refractivity contribution in [1.29, 1.82) is 0 Å². The normalized spacial score (nSPS) is 16.9. The molecule has 0 heterocycles. The summed E-state index contributed by atoms with van der Waals surface area (Å²) in [4.78, 5) is 2.32. The predicted octanol–water partition coefficient (Wildman–Crippen LogP) is 2.34. The van der Waals surface area contributed by atoms with Crippen molar-refractivity contribution >= 4 is 0 Å². The van der Waals surface area contributed by atoms with Crippen LogP contribution in [-0.2, 0) is 19.4 Å². The molecule has 17 heavy (non-hydrogen) atoms. The standard InChI is InChI=1S/C15H24N2/c1-12(10-16)17(2)11-13-7-8-14-5-3-4-6-15(14)9-13/h7-9,12H,3-6,10-11,16H2,1-2H3. The minimum Gasteiger partial charge on any atom is -0.329 e. The number of hydrogen-bond acceptors (Lipinski definition) is 2. The van der Waals surface area contributed by atoms with Gasteiger partial charge in [-0.2, -0.15) is 0 Å². The zero-order chi connectivity index (χ0) is 12.3. The molecule has 1 aliphatic rings. The van der Waals surface area contributed by atoms with Crippen LogP contribution in [0.15, 0.2) is 18.2 Å². The zero-order valence-electron chi connectivity index (χ0n) is 11.1. The quantitative estimate of drug-likeness (QED) is 0.863. The van der Waals surface area contributed by atoms with E-state index in [9.17, 15) is 0 Å². The van der Waals surface area contributed by atoms with Crippen molar-refractivity contribution in [3.8, 4) is 0 Å². The summed E-state index contributed by atoms with van der Waals surface area (Å²) >= 11 is 0. The predicted molar refractivity (Wildman–Crippen MR) is 73.1 cm³/mol. The van der Waals surface area contributed by atoms with E-state index in [1.165, 1.54) is 31.2 Å². The van der Waals surface area contributed by atoms with Crippen LogP contribution < -0.4 is 5.73 Å². The highest BCUT2D eigenvalue weighted by Gasteiger charge is 2.11. The summed E-state index contributed by atoms with van der Waals surface area (Å²) in [5, 5.41) is 0. The number of hydrogen-bond donors (Lipinski definition) is 1. The van der Waals surface area contributed by atoms with E-state index < -0.39 is 0 Å². The summed E-state index contributed by atoms with van der Waals surface area (Å²) in [7, 11) is 2.15. The van der Waals surface area contributed by atoms with E-state index in [1.807, 2.05) is 0 Å². The van der Waals surface area contributed by atoms with Crippen LogP contribution in [0.2, 0.25) is 0 Å². The molecular weight excluding hydrogens is 208 g/mol. The van der Waals surface area contributed by atoms with Gasteiger partial charge in [-0.25, -0.2) is 0 Å². The molecule has 0 aliphatic heterocycles. The lowest BCUT2D eigenvalue weighted by molar-refractivity contribution is 0.254. The molecule has 2 rings (SSSR count). The lowest BCUT2D eigenvalue weighted by Gasteiger charge is -2.24. The maximum atomic E-state index is 5.70. The Bertz CT molecular complexity index is 373. The van der Waals surface area contributed by atoms with Gasteiger partial charge in [0.15, 0.2) is 0 Å². The van der Waals surface area contributed by atoms with Gasteiger partial charge in [-0.3, -0.25) is 4.90 Å². The maximum absolute atomic E-state index is 5.70. The van der Waals surface area contributed by atoms with Crippen LogP contribution >= 0.6 is 0 Å². The van der Waals surface area contributed by atoms with Gasteiger partial charge in [0.1, 0.15) is 0 Å². The van der Waals surface area contributed by atoms with E-state index in [-0.39, 0.29) is 0 Å². The molecule has 1 aromatic rings. The van der Waals surface area contributed by atoms with Crippen molar-refractivity contribution in [2.75, 3.05) is 13.6 Å². The molecule has 1 aliphatic carbocycles. The first-order valence-electron chi connectivity index (χ1n) is 6.71. The van der Waals surface area contributed by atoms with Gasteiger partial charge in [0.2, 0.25) is 0 Å². The second-order valence-corrected chi connectivity index (χ2v) is 5.31. The van der Waals surface area contributed by atoms with Gasteiger partial charge in [0, 0.05) is 19.1 Å². The second-order valence-electron chi connectivity index (χ2n) is 5.31. The number of benzene rings is 1. The molecule has 2 heteroatoms. The average molecular weight is 232 g/mol. The Labute approximate surface area is 105 Å². The monoisotopic (exact) mass is 232 g/mol. The lowest BCUT2D eigenvalue weighted by Crippen LogP contribution is -2.34. The van der Waals surface area contributed by atoms with Gasteiger partial charge < -0.3 is 5.73 Å². The second kappa shape index (κ2) is 5.65. The first kappa shape index (κ1) is 12.6. The zero-order valence-corrected chi connectivity index (χ0v) is 11.1. The van der Waals surface area contributed by atoms with Crippen molar-refractivity contribution in [3.63, 3.8) is 0 Å². The van der Waals surface area contributed by atoms with Gasteiger partial charge in [-0.1, -0.05) is 18.2 Å². The highest BCUT2D eigenvalue weighted by molar-refractivity contribution is 5.33. The third-order valence-corrected chi connectivity index (χ3v) is 3.94. The highest BCUT2D eigenvalue weighted by atomic mass is 15.1. The average Bonchev–Trinajstić information content (AvgIpc) is 2.37. The molecule has 94 valence electrons. The topological polar surface area (TPSA) is 29.3 Å². The Kier molecular flexibility index (Phi) is 4.19. The third kappa shape index (κ3) is 3.08. The number of aryl methyl sites for hydroxylation is 2. The minimum absolute atomic E-state index is 0.450. The van der Waals surface area contributed by atoms with E-state index in [0.29, 0.717) is 6.04 Å². The summed E-state index contributed by atoms with van der Waals surface area (Å²) in [6, 6.07) is 7.45. The van der Waals surface area contributed by atoms with Crippen molar-refractivity contribution in [3.05, 3.63) is 34.9 Å². The molecular formula is C15H24N2. The van der Waals surface area contributed by atoms with Crippen LogP contribution in [-0.4, -0.2) is 24.5 Å². The van der Waals surface area contributed by atoms with E-state index >= 15 is 0 Å². The molecule has 1 unspecified atom stereocenters. The number of likely N-dealkylation sites (N-methyl/N-ethyl adjacent to an activating group) is 1. The smallest absolute Gasteiger partial charge is 0.0234 e. The third-order valence-electron chi connectivity index (χ3n) is 3.94. The molecule has 0 amide bonds. The number of nitrogens with zero attached hydrogens (tertiary/aromatic N) is 1. The van der Waals surface area contributed by atoms with Gasteiger partial charge in [-0.15, -0.1) is 0 Å². The van der Waals surface area contributed by atoms with E-state index in [0.717, 1.165) is 13.1 Å². The van der Waals surface area contributed by atoms with Crippen molar-refractivity contribution in [2.45, 2.75) is 45.2 Å². The van der Waals surface area contributed by atoms with Gasteiger partial charge in [0.05, 0.1) is 0 Å². The lowest BCUT2D eigenvalue weighted by atomic mass is 9.90. The van der Waals surface area contributed by atoms with Gasteiger partial charge in [-0.05, 0) is 56.3 Å². The van der Waals surface area contributed by atoms with Crippen LogP contribution in [0.4, 0.5) is 0 Å². The molecule has 0 saturated carbocycles. The van der Waals surface area contributed by atoms with Crippen molar-refractivity contribution in [1.82, 2.24) is 4.90 Å². The van der Waals surface area contributed by atoms with Crippen LogP contribution in [0.3, 0.4) is 0 Å². The maximum Gasteiger partial charge on any atom is 0.0234 e. The molecule has 0 radical (unpaired) electrons. The molecule has 0 spiro atoms. The number of rotatable bonds is 4. The fourth-order valence-corrected chi connectivity index (χ4v) is 2.51. The molecule has 2 nitrogen and oxygen atoms in total. The Hall–Kier alpha value is -0.860. The fourth-order valence-electron chi connectivity index (χ4n) is 2.51. The van der Waals surface area contributed by atoms with Crippen molar-refractivity contribution < 1.29 is 0 Å². The molecule has 0 saturated heterocycles. The summed E-state index contributed by atoms with van der Waals surface area (Å²) in [6.45, 7) is 3.91. The Balaban J connectivity index is 2.06. The summed E-state index contributed by atoms with van der Waals surface area (Å²) in [5.74, 6) is 0. The molecule has 1 aromatic carbocycles. The highest BCUT2D eigenvalue weighted by Crippen LogP contribution is 2.22. The Morgan fingerprint density at radius 1 is 1.24 bits per heavy atom. The number of fused-ring (bicyclic) bond motifs is 1. The molecule has 1 atom stereocenters. The van der Waals surface area contributed by atoms with Crippen LogP contribution in [0, 0.1) is 0 Å². The molecule has 0 fully saturated rings. The van der Waals surface area contributed by atoms with Gasteiger partial charge in [0.25, 0.3) is 0 Å². The van der Waals surface area contributed by atoms with Crippen LogP contribution in [0.1, 0.15) is 36.5 Å². The first-order valence-corrected chi connectivity index (χ1v) is 6.71. The SMILES string of the molecule is CC(CN)N(C)Cc1ccc2c(c1)CCCC2. The molecule has 0 aromatic heterocycles. The van der Waals surface area contributed by atoms with E-state index in [2.05, 4.69) is 37.1 Å². The number of nitrogens with two attached hydrogens (primary N) is 1.